The fraction of sp³-hybridized carbons (Fsp3) is 0.444. The molecule has 0 fully saturated rings. The molecule has 1 aromatic rings. The molecule has 0 spiro atoms. The van der Waals surface area contributed by atoms with E-state index in [-0.39, 0.29) is 19.7 Å². The largest absolute Gasteiger partial charge is 0.492 e. The summed E-state index contributed by atoms with van der Waals surface area (Å²) in [6.07, 6.45) is 0.578. The number of carboxylic acids is 1. The second-order valence-electron chi connectivity index (χ2n) is 6.53. The minimum absolute atomic E-state index is 0.164. The van der Waals surface area contributed by atoms with Gasteiger partial charge in [0.05, 0.1) is 6.54 Å². The van der Waals surface area contributed by atoms with E-state index in [0.29, 0.717) is 11.3 Å². The number of carboxylic acid groups (broad SMARTS) is 1. The van der Waals surface area contributed by atoms with Gasteiger partial charge in [0, 0.05) is 16.2 Å². The number of ether oxygens (including phenoxy) is 2. The van der Waals surface area contributed by atoms with E-state index in [9.17, 15) is 9.59 Å². The number of nitrogens with zero attached hydrogens (tertiary/aromatic N) is 1. The molecule has 0 unspecified atom stereocenters. The highest BCUT2D eigenvalue weighted by molar-refractivity contribution is 14.1. The molecule has 0 heterocycles. The first kappa shape index (κ1) is 21.3. The quantitative estimate of drug-likeness (QED) is 0.492. The molecule has 1 N–H and O–H groups in total. The number of halogens is 1. The summed E-state index contributed by atoms with van der Waals surface area (Å²) in [6.45, 7) is 7.73. The molecule has 0 aliphatic carbocycles. The average Bonchev–Trinajstić information content (AvgIpc) is 2.45. The molecule has 0 saturated carbocycles. The first-order chi connectivity index (χ1) is 11.6. The molecule has 0 radical (unpaired) electrons. The number of carbonyl (C=O) groups is 2. The van der Waals surface area contributed by atoms with Gasteiger partial charge in [-0.2, -0.15) is 0 Å². The Balaban J connectivity index is 2.70. The first-order valence-electron chi connectivity index (χ1n) is 7.83. The fourth-order valence-corrected chi connectivity index (χ4v) is 2.28. The van der Waals surface area contributed by atoms with Gasteiger partial charge in [0.25, 0.3) is 0 Å². The number of hydrogen-bond acceptors (Lipinski definition) is 4. The second-order valence-corrected chi connectivity index (χ2v) is 7.78. The summed E-state index contributed by atoms with van der Waals surface area (Å²) in [7, 11) is 0. The summed E-state index contributed by atoms with van der Waals surface area (Å²) in [6, 6.07) is 7.58. The van der Waals surface area contributed by atoms with Crippen molar-refractivity contribution in [3.05, 3.63) is 39.5 Å². The minimum Gasteiger partial charge on any atom is -0.492 e. The zero-order valence-corrected chi connectivity index (χ0v) is 17.1. The number of rotatable bonds is 7. The van der Waals surface area contributed by atoms with Crippen LogP contribution in [0.4, 0.5) is 4.79 Å². The predicted octanol–water partition coefficient (Wildman–Crippen LogP) is 3.94. The molecule has 1 rings (SSSR count). The third-order valence-corrected chi connectivity index (χ3v) is 3.62. The lowest BCUT2D eigenvalue weighted by Crippen LogP contribution is -2.40. The molecule has 6 nitrogen and oxygen atoms in total. The normalized spacial score (nSPS) is 11.8. The Hall–Kier alpha value is -1.77. The van der Waals surface area contributed by atoms with E-state index >= 15 is 0 Å². The maximum Gasteiger partial charge on any atom is 0.410 e. The maximum atomic E-state index is 12.3. The Morgan fingerprint density at radius 2 is 1.84 bits per heavy atom. The van der Waals surface area contributed by atoms with Crippen LogP contribution in [0.1, 0.15) is 27.7 Å². The van der Waals surface area contributed by atoms with E-state index in [1.54, 1.807) is 27.7 Å². The van der Waals surface area contributed by atoms with E-state index in [2.05, 4.69) is 22.6 Å². The third-order valence-electron chi connectivity index (χ3n) is 2.91. The van der Waals surface area contributed by atoms with Crippen molar-refractivity contribution in [3.8, 4) is 5.75 Å². The summed E-state index contributed by atoms with van der Waals surface area (Å²) < 4.78 is 12.1. The van der Waals surface area contributed by atoms with E-state index in [4.69, 9.17) is 14.6 Å². The molecule has 0 bridgehead atoms. The zero-order chi connectivity index (χ0) is 19.0. The average molecular weight is 461 g/mol. The molecule has 25 heavy (non-hydrogen) atoms. The predicted molar refractivity (Wildman–Crippen MR) is 104 cm³/mol. The lowest BCUT2D eigenvalue weighted by molar-refractivity contribution is -0.131. The van der Waals surface area contributed by atoms with Gasteiger partial charge in [0.2, 0.25) is 0 Å². The molecule has 0 aliphatic rings. The molecule has 1 amide bonds. The molecule has 1 aromatic carbocycles. The highest BCUT2D eigenvalue weighted by Gasteiger charge is 2.22. The molecular formula is C18H24INO5. The highest BCUT2D eigenvalue weighted by Crippen LogP contribution is 2.14. The first-order valence-corrected chi connectivity index (χ1v) is 8.91. The van der Waals surface area contributed by atoms with Crippen LogP contribution in [0.25, 0.3) is 0 Å². The minimum atomic E-state index is -1.04. The Bertz CT molecular complexity index is 619. The summed E-state index contributed by atoms with van der Waals surface area (Å²) in [4.78, 5) is 24.6. The van der Waals surface area contributed by atoms with E-state index in [1.165, 1.54) is 4.90 Å². The SMILES string of the molecule is C/C(=C\C(=O)O)CN(CCOc1ccc(I)cc1)C(=O)OC(C)(C)C. The maximum absolute atomic E-state index is 12.3. The van der Waals surface area contributed by atoms with Crippen LogP contribution >= 0.6 is 22.6 Å². The van der Waals surface area contributed by atoms with Crippen LogP contribution < -0.4 is 4.74 Å². The van der Waals surface area contributed by atoms with Gasteiger partial charge in [0.15, 0.2) is 0 Å². The molecular weight excluding hydrogens is 437 g/mol. The van der Waals surface area contributed by atoms with Crippen molar-refractivity contribution >= 4 is 34.7 Å². The van der Waals surface area contributed by atoms with Crippen molar-refractivity contribution in [1.82, 2.24) is 4.90 Å². The zero-order valence-electron chi connectivity index (χ0n) is 14.9. The topological polar surface area (TPSA) is 76.1 Å². The second kappa shape index (κ2) is 9.65. The number of benzene rings is 1. The van der Waals surface area contributed by atoms with Gasteiger partial charge in [0.1, 0.15) is 18.0 Å². The standard InChI is InChI=1S/C18H24INO5/c1-13(11-16(21)22)12-20(17(23)25-18(2,3)4)9-10-24-15-7-5-14(19)6-8-15/h5-8,11H,9-10,12H2,1-4H3,(H,21,22)/b13-11+. The number of carbonyl (C=O) groups excluding carboxylic acids is 1. The third kappa shape index (κ3) is 9.33. The fourth-order valence-electron chi connectivity index (χ4n) is 1.92. The van der Waals surface area contributed by atoms with Crippen LogP contribution in [0.2, 0.25) is 0 Å². The molecule has 0 saturated heterocycles. The van der Waals surface area contributed by atoms with E-state index in [0.717, 1.165) is 9.65 Å². The van der Waals surface area contributed by atoms with Crippen molar-refractivity contribution in [2.75, 3.05) is 19.7 Å². The lowest BCUT2D eigenvalue weighted by Gasteiger charge is -2.27. The summed E-state index contributed by atoms with van der Waals surface area (Å²) >= 11 is 2.21. The van der Waals surface area contributed by atoms with Crippen LogP contribution in [0.5, 0.6) is 5.75 Å². The Kier molecular flexibility index (Phi) is 8.21. The number of hydrogen-bond donors (Lipinski definition) is 1. The summed E-state index contributed by atoms with van der Waals surface area (Å²) in [5, 5.41) is 8.83. The van der Waals surface area contributed by atoms with Crippen LogP contribution in [0, 0.1) is 3.57 Å². The Morgan fingerprint density at radius 3 is 2.36 bits per heavy atom. The van der Waals surface area contributed by atoms with Crippen LogP contribution in [-0.4, -0.2) is 47.4 Å². The van der Waals surface area contributed by atoms with Gasteiger partial charge >= 0.3 is 12.1 Å². The van der Waals surface area contributed by atoms with Gasteiger partial charge < -0.3 is 19.5 Å². The molecule has 7 heteroatoms. The van der Waals surface area contributed by atoms with Gasteiger partial charge in [-0.05, 0) is 80.1 Å². The molecule has 138 valence electrons. The van der Waals surface area contributed by atoms with Gasteiger partial charge in [-0.1, -0.05) is 0 Å². The lowest BCUT2D eigenvalue weighted by atomic mass is 10.2. The van der Waals surface area contributed by atoms with Gasteiger partial charge in [-0.25, -0.2) is 9.59 Å². The van der Waals surface area contributed by atoms with Crippen LogP contribution in [0.15, 0.2) is 35.9 Å². The van der Waals surface area contributed by atoms with E-state index < -0.39 is 17.7 Å². The monoisotopic (exact) mass is 461 g/mol. The molecule has 0 aliphatic heterocycles. The van der Waals surface area contributed by atoms with Gasteiger partial charge in [-0.3, -0.25) is 0 Å². The van der Waals surface area contributed by atoms with Gasteiger partial charge in [-0.15, -0.1) is 0 Å². The van der Waals surface area contributed by atoms with Crippen molar-refractivity contribution in [2.24, 2.45) is 0 Å². The van der Waals surface area contributed by atoms with Crippen molar-refractivity contribution in [2.45, 2.75) is 33.3 Å². The number of amides is 1. The molecule has 0 aromatic heterocycles. The summed E-state index contributed by atoms with van der Waals surface area (Å²) in [5.41, 5.74) is -0.0795. The Labute approximate surface area is 161 Å². The van der Waals surface area contributed by atoms with E-state index in [1.807, 2.05) is 24.3 Å². The number of aliphatic carboxylic acids is 1. The van der Waals surface area contributed by atoms with Crippen molar-refractivity contribution in [3.63, 3.8) is 0 Å². The Morgan fingerprint density at radius 1 is 1.24 bits per heavy atom. The van der Waals surface area contributed by atoms with Crippen LogP contribution in [0.3, 0.4) is 0 Å². The smallest absolute Gasteiger partial charge is 0.410 e. The summed E-state index contributed by atoms with van der Waals surface area (Å²) in [5.74, 6) is -0.334. The van der Waals surface area contributed by atoms with Crippen molar-refractivity contribution in [1.29, 1.82) is 0 Å². The molecule has 0 atom stereocenters. The van der Waals surface area contributed by atoms with Crippen molar-refractivity contribution < 1.29 is 24.2 Å². The highest BCUT2D eigenvalue weighted by atomic mass is 127. The van der Waals surface area contributed by atoms with Crippen LogP contribution in [-0.2, 0) is 9.53 Å².